The van der Waals surface area contributed by atoms with E-state index in [1.807, 2.05) is 19.1 Å². The van der Waals surface area contributed by atoms with Crippen LogP contribution in [-0.4, -0.2) is 6.61 Å². The number of thioether (sulfide) groups is 1. The zero-order valence-electron chi connectivity index (χ0n) is 11.8. The van der Waals surface area contributed by atoms with E-state index in [0.29, 0.717) is 39.1 Å². The van der Waals surface area contributed by atoms with Crippen molar-refractivity contribution in [1.82, 2.24) is 0 Å². The van der Waals surface area contributed by atoms with Crippen molar-refractivity contribution in [1.29, 1.82) is 10.5 Å². The quantitative estimate of drug-likeness (QED) is 0.838. The monoisotopic (exact) mass is 376 g/mol. The highest BCUT2D eigenvalue weighted by molar-refractivity contribution is 9.10. The molecular formula is C15H13BrN4OS. The van der Waals surface area contributed by atoms with Crippen LogP contribution in [0, 0.1) is 22.7 Å². The van der Waals surface area contributed by atoms with Crippen molar-refractivity contribution in [2.24, 2.45) is 11.5 Å². The number of benzene rings is 1. The second-order valence-electron chi connectivity index (χ2n) is 4.43. The Morgan fingerprint density at radius 1 is 1.23 bits per heavy atom. The van der Waals surface area contributed by atoms with E-state index in [1.165, 1.54) is 0 Å². The van der Waals surface area contributed by atoms with Crippen molar-refractivity contribution in [3.63, 3.8) is 0 Å². The van der Waals surface area contributed by atoms with E-state index in [1.54, 1.807) is 6.07 Å². The van der Waals surface area contributed by atoms with Gasteiger partial charge in [0.15, 0.2) is 0 Å². The van der Waals surface area contributed by atoms with Crippen molar-refractivity contribution in [3.8, 4) is 17.9 Å². The average molecular weight is 377 g/mol. The third-order valence-corrected chi connectivity index (χ3v) is 4.52. The van der Waals surface area contributed by atoms with Crippen LogP contribution in [0.2, 0.25) is 0 Å². The molecule has 0 bridgehead atoms. The number of hydrogen-bond acceptors (Lipinski definition) is 6. The maximum Gasteiger partial charge on any atom is 0.123 e. The van der Waals surface area contributed by atoms with E-state index in [0.717, 1.165) is 16.2 Å². The summed E-state index contributed by atoms with van der Waals surface area (Å²) in [6.45, 7) is 2.34. The molecule has 0 saturated heterocycles. The first-order valence-corrected chi connectivity index (χ1v) is 8.04. The third kappa shape index (κ3) is 2.92. The molecule has 1 aromatic rings. The molecule has 0 aromatic heterocycles. The molecule has 1 aliphatic rings. The maximum absolute atomic E-state index is 9.46. The molecule has 1 aliphatic heterocycles. The highest BCUT2D eigenvalue weighted by Gasteiger charge is 2.33. The Hall–Kier alpha value is -2.09. The van der Waals surface area contributed by atoms with Gasteiger partial charge in [0.25, 0.3) is 0 Å². The molecule has 7 heteroatoms. The van der Waals surface area contributed by atoms with Gasteiger partial charge in [0.2, 0.25) is 0 Å². The summed E-state index contributed by atoms with van der Waals surface area (Å²) in [4.78, 5) is 0. The molecule has 1 heterocycles. The van der Waals surface area contributed by atoms with E-state index in [-0.39, 0.29) is 0 Å². The van der Waals surface area contributed by atoms with Crippen LogP contribution in [0.3, 0.4) is 0 Å². The lowest BCUT2D eigenvalue weighted by atomic mass is 9.85. The maximum atomic E-state index is 9.46. The van der Waals surface area contributed by atoms with Crippen LogP contribution in [0.4, 0.5) is 0 Å². The highest BCUT2D eigenvalue weighted by atomic mass is 79.9. The Balaban J connectivity index is 2.71. The van der Waals surface area contributed by atoms with Gasteiger partial charge in [0, 0.05) is 10.0 Å². The number of hydrogen-bond donors (Lipinski definition) is 2. The standard InChI is InChI=1S/C15H13BrN4OS/c1-2-21-12-4-3-8(16)5-9(12)13-10(6-17)14(19)22-15(20)11(13)7-18/h3-5,13H,2,19-20H2,1H3. The van der Waals surface area contributed by atoms with Crippen LogP contribution in [0.15, 0.2) is 43.9 Å². The molecule has 5 nitrogen and oxygen atoms in total. The number of nitrogens with zero attached hydrogens (tertiary/aromatic N) is 2. The fraction of sp³-hybridized carbons (Fsp3) is 0.200. The number of ether oxygens (including phenoxy) is 1. The molecule has 0 fully saturated rings. The van der Waals surface area contributed by atoms with Gasteiger partial charge >= 0.3 is 0 Å². The van der Waals surface area contributed by atoms with Crippen LogP contribution in [0.5, 0.6) is 5.75 Å². The summed E-state index contributed by atoms with van der Waals surface area (Å²) in [5, 5.41) is 19.5. The van der Waals surface area contributed by atoms with Crippen LogP contribution >= 0.6 is 27.7 Å². The molecule has 0 unspecified atom stereocenters. The lowest BCUT2D eigenvalue weighted by molar-refractivity contribution is 0.336. The Morgan fingerprint density at radius 3 is 2.32 bits per heavy atom. The van der Waals surface area contributed by atoms with Gasteiger partial charge < -0.3 is 16.2 Å². The summed E-state index contributed by atoms with van der Waals surface area (Å²) in [7, 11) is 0. The second-order valence-corrected chi connectivity index (χ2v) is 6.43. The highest BCUT2D eigenvalue weighted by Crippen LogP contribution is 2.46. The summed E-state index contributed by atoms with van der Waals surface area (Å²) in [6.07, 6.45) is 0. The minimum Gasteiger partial charge on any atom is -0.494 e. The van der Waals surface area contributed by atoms with Gasteiger partial charge in [-0.1, -0.05) is 27.7 Å². The number of rotatable bonds is 3. The number of nitriles is 2. The Morgan fingerprint density at radius 2 is 1.82 bits per heavy atom. The van der Waals surface area contributed by atoms with Crippen molar-refractivity contribution in [2.75, 3.05) is 6.61 Å². The Kier molecular flexibility index (Phi) is 5.02. The minimum absolute atomic E-state index is 0.312. The minimum atomic E-state index is -0.615. The smallest absolute Gasteiger partial charge is 0.123 e. The summed E-state index contributed by atoms with van der Waals surface area (Å²) < 4.78 is 6.44. The van der Waals surface area contributed by atoms with Crippen molar-refractivity contribution < 1.29 is 4.74 Å². The summed E-state index contributed by atoms with van der Waals surface area (Å²) in [6, 6.07) is 9.65. The van der Waals surface area contributed by atoms with E-state index in [9.17, 15) is 10.5 Å². The first kappa shape index (κ1) is 16.3. The molecule has 0 radical (unpaired) electrons. The van der Waals surface area contributed by atoms with Gasteiger partial charge in [-0.3, -0.25) is 0 Å². The normalized spacial score (nSPS) is 15.5. The zero-order valence-corrected chi connectivity index (χ0v) is 14.2. The Bertz CT molecular complexity index is 722. The molecule has 0 spiro atoms. The third-order valence-electron chi connectivity index (χ3n) is 3.15. The number of nitrogens with two attached hydrogens (primary N) is 2. The van der Waals surface area contributed by atoms with Gasteiger partial charge in [0.1, 0.15) is 5.75 Å². The molecule has 22 heavy (non-hydrogen) atoms. The van der Waals surface area contributed by atoms with Crippen LogP contribution in [-0.2, 0) is 0 Å². The largest absolute Gasteiger partial charge is 0.494 e. The van der Waals surface area contributed by atoms with Crippen molar-refractivity contribution >= 4 is 27.7 Å². The molecular weight excluding hydrogens is 364 g/mol. The fourth-order valence-electron chi connectivity index (χ4n) is 2.24. The number of allylic oxidation sites excluding steroid dienone is 2. The Labute approximate surface area is 141 Å². The second kappa shape index (κ2) is 6.78. The predicted octanol–water partition coefficient (Wildman–Crippen LogP) is 3.07. The average Bonchev–Trinajstić information content (AvgIpc) is 2.48. The van der Waals surface area contributed by atoms with Gasteiger partial charge in [-0.05, 0) is 25.1 Å². The molecule has 2 rings (SSSR count). The van der Waals surface area contributed by atoms with Gasteiger partial charge in [-0.15, -0.1) is 0 Å². The van der Waals surface area contributed by atoms with E-state index < -0.39 is 5.92 Å². The first-order chi connectivity index (χ1) is 10.5. The van der Waals surface area contributed by atoms with Crippen LogP contribution in [0.25, 0.3) is 0 Å². The number of halogens is 1. The van der Waals surface area contributed by atoms with Crippen LogP contribution in [0.1, 0.15) is 18.4 Å². The van der Waals surface area contributed by atoms with Gasteiger partial charge in [-0.2, -0.15) is 10.5 Å². The lowest BCUT2D eigenvalue weighted by Crippen LogP contribution is -2.19. The van der Waals surface area contributed by atoms with Gasteiger partial charge in [-0.25, -0.2) is 0 Å². The van der Waals surface area contributed by atoms with Gasteiger partial charge in [0.05, 0.1) is 45.9 Å². The lowest BCUT2D eigenvalue weighted by Gasteiger charge is -2.25. The predicted molar refractivity (Wildman–Crippen MR) is 89.3 cm³/mol. The molecule has 112 valence electrons. The SMILES string of the molecule is CCOc1ccc(Br)cc1C1C(C#N)=C(N)SC(N)=C1C#N. The van der Waals surface area contributed by atoms with E-state index in [2.05, 4.69) is 28.1 Å². The van der Waals surface area contributed by atoms with Crippen molar-refractivity contribution in [3.05, 3.63) is 49.4 Å². The van der Waals surface area contributed by atoms with Crippen LogP contribution < -0.4 is 16.2 Å². The molecule has 4 N–H and O–H groups in total. The summed E-state index contributed by atoms with van der Waals surface area (Å²) >= 11 is 4.45. The fourth-order valence-corrected chi connectivity index (χ4v) is 3.40. The molecule has 1 aromatic carbocycles. The molecule has 0 saturated carbocycles. The topological polar surface area (TPSA) is 109 Å². The van der Waals surface area contributed by atoms with E-state index in [4.69, 9.17) is 16.2 Å². The summed E-state index contributed by atoms with van der Waals surface area (Å²) in [5.41, 5.74) is 13.2. The van der Waals surface area contributed by atoms with E-state index >= 15 is 0 Å². The summed E-state index contributed by atoms with van der Waals surface area (Å²) in [5.74, 6) is -0.0148. The van der Waals surface area contributed by atoms with Crippen molar-refractivity contribution in [2.45, 2.75) is 12.8 Å². The molecule has 0 aliphatic carbocycles. The molecule has 0 amide bonds. The molecule has 0 atom stereocenters. The first-order valence-electron chi connectivity index (χ1n) is 6.43. The zero-order chi connectivity index (χ0) is 16.3.